The average Bonchev–Trinajstić information content (AvgIpc) is 2.92. The zero-order valence-corrected chi connectivity index (χ0v) is 16.8. The van der Waals surface area contributed by atoms with Crippen LogP contribution in [0.3, 0.4) is 0 Å². The Bertz CT molecular complexity index is 956. The summed E-state index contributed by atoms with van der Waals surface area (Å²) in [6.07, 6.45) is 0. The van der Waals surface area contributed by atoms with E-state index in [4.69, 9.17) is 0 Å². The summed E-state index contributed by atoms with van der Waals surface area (Å²) >= 11 is 4.84. The summed E-state index contributed by atoms with van der Waals surface area (Å²) in [5.74, 6) is 0.709. The molecule has 2 aromatic heterocycles. The van der Waals surface area contributed by atoms with Crippen LogP contribution in [0, 0.1) is 20.8 Å². The third-order valence-electron chi connectivity index (χ3n) is 3.69. The zero-order chi connectivity index (χ0) is 18.1. The molecule has 1 N–H and O–H groups in total. The van der Waals surface area contributed by atoms with Crippen LogP contribution in [0.4, 0.5) is 5.69 Å². The monoisotopic (exact) mass is 419 g/mol. The highest BCUT2D eigenvalue weighted by molar-refractivity contribution is 9.10. The normalized spacial score (nSPS) is 12.4. The van der Waals surface area contributed by atoms with Gasteiger partial charge >= 0.3 is 0 Å². The van der Waals surface area contributed by atoms with Gasteiger partial charge in [0, 0.05) is 16.2 Å². The van der Waals surface area contributed by atoms with Crippen molar-refractivity contribution < 1.29 is 4.79 Å². The lowest BCUT2D eigenvalue weighted by Crippen LogP contribution is -2.23. The first-order valence-corrected chi connectivity index (χ1v) is 9.45. The van der Waals surface area contributed by atoms with E-state index in [2.05, 4.69) is 36.4 Å². The van der Waals surface area contributed by atoms with Crippen LogP contribution in [-0.2, 0) is 4.79 Å². The largest absolute Gasteiger partial charge is 0.324 e. The number of thioether (sulfide) groups is 1. The van der Waals surface area contributed by atoms with Crippen LogP contribution in [0.15, 0.2) is 33.9 Å². The lowest BCUT2D eigenvalue weighted by Gasteiger charge is -2.13. The second-order valence-corrected chi connectivity index (χ2v) is 8.02. The van der Waals surface area contributed by atoms with E-state index in [1.54, 1.807) is 0 Å². The number of nitrogens with zero attached hydrogens (tertiary/aromatic N) is 4. The van der Waals surface area contributed by atoms with E-state index < -0.39 is 0 Å². The molecule has 2 heterocycles. The fourth-order valence-corrected chi connectivity index (χ4v) is 3.94. The maximum absolute atomic E-state index is 12.5. The summed E-state index contributed by atoms with van der Waals surface area (Å²) in [5, 5.41) is 11.6. The lowest BCUT2D eigenvalue weighted by atomic mass is 10.2. The second kappa shape index (κ2) is 7.13. The summed E-state index contributed by atoms with van der Waals surface area (Å²) < 4.78 is 2.73. The number of hydrogen-bond acceptors (Lipinski definition) is 5. The topological polar surface area (TPSA) is 72.2 Å². The van der Waals surface area contributed by atoms with Crippen molar-refractivity contribution in [1.29, 1.82) is 0 Å². The summed E-state index contributed by atoms with van der Waals surface area (Å²) in [6, 6.07) is 7.69. The smallest absolute Gasteiger partial charge is 0.237 e. The number of benzene rings is 1. The molecule has 130 valence electrons. The first kappa shape index (κ1) is 17.9. The lowest BCUT2D eigenvalue weighted by molar-refractivity contribution is -0.115. The Morgan fingerprint density at radius 1 is 1.24 bits per heavy atom. The minimum Gasteiger partial charge on any atom is -0.324 e. The van der Waals surface area contributed by atoms with Crippen molar-refractivity contribution in [3.8, 4) is 0 Å². The fourth-order valence-electron chi connectivity index (χ4n) is 2.45. The van der Waals surface area contributed by atoms with Gasteiger partial charge in [0.2, 0.25) is 5.91 Å². The minimum absolute atomic E-state index is 0.0935. The number of halogens is 1. The fraction of sp³-hybridized carbons (Fsp3) is 0.294. The van der Waals surface area contributed by atoms with Crippen LogP contribution >= 0.6 is 27.7 Å². The van der Waals surface area contributed by atoms with Gasteiger partial charge in [-0.2, -0.15) is 0 Å². The van der Waals surface area contributed by atoms with Gasteiger partial charge < -0.3 is 5.32 Å². The van der Waals surface area contributed by atoms with Crippen molar-refractivity contribution in [3.63, 3.8) is 0 Å². The predicted molar refractivity (Wildman–Crippen MR) is 103 cm³/mol. The molecule has 1 unspecified atom stereocenters. The van der Waals surface area contributed by atoms with Crippen LogP contribution in [0.1, 0.15) is 24.0 Å². The second-order valence-electron chi connectivity index (χ2n) is 5.85. The SMILES string of the molecule is Cc1ccc(NC(=O)C(C)Sc2nnc3cc(C)nc(C)n23)c(Br)c1. The van der Waals surface area contributed by atoms with Crippen molar-refractivity contribution >= 4 is 44.9 Å². The molecule has 0 fully saturated rings. The Hall–Kier alpha value is -1.93. The Labute approximate surface area is 158 Å². The number of amides is 1. The van der Waals surface area contributed by atoms with Gasteiger partial charge in [0.25, 0.3) is 0 Å². The Balaban J connectivity index is 1.78. The molecule has 0 aliphatic heterocycles. The van der Waals surface area contributed by atoms with Gasteiger partial charge in [-0.1, -0.05) is 17.8 Å². The summed E-state index contributed by atoms with van der Waals surface area (Å²) in [6.45, 7) is 7.68. The zero-order valence-electron chi connectivity index (χ0n) is 14.4. The molecule has 1 amide bonds. The maximum Gasteiger partial charge on any atom is 0.237 e. The van der Waals surface area contributed by atoms with Gasteiger partial charge in [0.15, 0.2) is 10.8 Å². The van der Waals surface area contributed by atoms with Crippen molar-refractivity contribution in [2.45, 2.75) is 38.1 Å². The Morgan fingerprint density at radius 3 is 2.72 bits per heavy atom. The highest BCUT2D eigenvalue weighted by atomic mass is 79.9. The van der Waals surface area contributed by atoms with Crippen molar-refractivity contribution in [2.75, 3.05) is 5.32 Å². The number of fused-ring (bicyclic) bond motifs is 1. The molecule has 1 aromatic carbocycles. The van der Waals surface area contributed by atoms with E-state index >= 15 is 0 Å². The van der Waals surface area contributed by atoms with Crippen molar-refractivity contribution in [1.82, 2.24) is 19.6 Å². The first-order chi connectivity index (χ1) is 11.8. The number of aromatic nitrogens is 4. The van der Waals surface area contributed by atoms with E-state index in [0.29, 0.717) is 5.16 Å². The third kappa shape index (κ3) is 3.85. The molecule has 0 radical (unpaired) electrons. The van der Waals surface area contributed by atoms with E-state index in [1.807, 2.05) is 56.4 Å². The number of anilines is 1. The average molecular weight is 420 g/mol. The van der Waals surface area contributed by atoms with E-state index in [-0.39, 0.29) is 11.2 Å². The molecular formula is C17H18BrN5OS. The molecule has 3 rings (SSSR count). The highest BCUT2D eigenvalue weighted by Gasteiger charge is 2.20. The molecule has 1 atom stereocenters. The summed E-state index contributed by atoms with van der Waals surface area (Å²) in [5.41, 5.74) is 3.51. The quantitative estimate of drug-likeness (QED) is 0.648. The molecule has 0 aliphatic carbocycles. The molecule has 0 spiro atoms. The van der Waals surface area contributed by atoms with Crippen LogP contribution < -0.4 is 5.32 Å². The Kier molecular flexibility index (Phi) is 5.10. The summed E-state index contributed by atoms with van der Waals surface area (Å²) in [7, 11) is 0. The molecule has 6 nitrogen and oxygen atoms in total. The van der Waals surface area contributed by atoms with Gasteiger partial charge in [-0.15, -0.1) is 10.2 Å². The third-order valence-corrected chi connectivity index (χ3v) is 5.39. The summed E-state index contributed by atoms with van der Waals surface area (Å²) in [4.78, 5) is 17.0. The first-order valence-electron chi connectivity index (χ1n) is 7.78. The van der Waals surface area contributed by atoms with Crippen LogP contribution in [0.25, 0.3) is 5.65 Å². The predicted octanol–water partition coefficient (Wildman–Crippen LogP) is 3.93. The van der Waals surface area contributed by atoms with Gasteiger partial charge in [-0.25, -0.2) is 4.98 Å². The molecule has 0 saturated heterocycles. The highest BCUT2D eigenvalue weighted by Crippen LogP contribution is 2.27. The molecule has 0 bridgehead atoms. The molecular weight excluding hydrogens is 402 g/mol. The molecule has 0 saturated carbocycles. The molecule has 8 heteroatoms. The van der Waals surface area contributed by atoms with Crippen molar-refractivity contribution in [3.05, 3.63) is 45.8 Å². The molecule has 0 aliphatic rings. The van der Waals surface area contributed by atoms with Gasteiger partial charge in [0.05, 0.1) is 10.9 Å². The van der Waals surface area contributed by atoms with Crippen LogP contribution in [0.2, 0.25) is 0 Å². The Morgan fingerprint density at radius 2 is 2.00 bits per heavy atom. The number of aryl methyl sites for hydroxylation is 3. The van der Waals surface area contributed by atoms with E-state index in [9.17, 15) is 4.79 Å². The standard InChI is InChI=1S/C17H18BrN5OS/c1-9-5-6-14(13(18)7-9)20-16(24)11(3)25-17-22-21-15-8-10(2)19-12(4)23(15)17/h5-8,11H,1-4H3,(H,20,24). The number of rotatable bonds is 4. The number of carbonyl (C=O) groups is 1. The van der Waals surface area contributed by atoms with Crippen LogP contribution in [0.5, 0.6) is 0 Å². The van der Waals surface area contributed by atoms with Gasteiger partial charge in [-0.05, 0) is 61.3 Å². The minimum atomic E-state index is -0.332. The maximum atomic E-state index is 12.5. The number of hydrogen-bond donors (Lipinski definition) is 1. The van der Waals surface area contributed by atoms with Gasteiger partial charge in [0.1, 0.15) is 5.82 Å². The number of nitrogens with one attached hydrogen (secondary N) is 1. The van der Waals surface area contributed by atoms with E-state index in [1.165, 1.54) is 11.8 Å². The number of carbonyl (C=O) groups excluding carboxylic acids is 1. The molecule has 3 aromatic rings. The van der Waals surface area contributed by atoms with E-state index in [0.717, 1.165) is 32.9 Å². The van der Waals surface area contributed by atoms with Gasteiger partial charge in [-0.3, -0.25) is 9.20 Å². The molecule has 25 heavy (non-hydrogen) atoms. The van der Waals surface area contributed by atoms with Crippen LogP contribution in [-0.4, -0.2) is 30.7 Å². The van der Waals surface area contributed by atoms with Crippen molar-refractivity contribution in [2.24, 2.45) is 0 Å².